The van der Waals surface area contributed by atoms with Gasteiger partial charge in [-0.15, -0.1) is 0 Å². The molecule has 2 rings (SSSR count). The van der Waals surface area contributed by atoms with Crippen molar-refractivity contribution in [1.82, 2.24) is 9.97 Å². The largest absolute Gasteiger partial charge is 0.473 e. The Balaban J connectivity index is 2.05. The number of thioether (sulfide) groups is 1. The topological polar surface area (TPSA) is 35.0 Å². The van der Waals surface area contributed by atoms with Crippen LogP contribution in [0.1, 0.15) is 5.56 Å². The molecular formula is C12H10Cl2N2OS. The van der Waals surface area contributed by atoms with Crippen LogP contribution < -0.4 is 4.74 Å². The van der Waals surface area contributed by atoms with E-state index in [2.05, 4.69) is 9.97 Å². The van der Waals surface area contributed by atoms with E-state index in [0.717, 1.165) is 5.56 Å². The van der Waals surface area contributed by atoms with Crippen LogP contribution in [0.25, 0.3) is 0 Å². The molecule has 1 heterocycles. The van der Waals surface area contributed by atoms with E-state index >= 15 is 0 Å². The van der Waals surface area contributed by atoms with E-state index in [-0.39, 0.29) is 0 Å². The van der Waals surface area contributed by atoms with Gasteiger partial charge >= 0.3 is 0 Å². The fraction of sp³-hybridized carbons (Fsp3) is 0.167. The molecule has 0 saturated heterocycles. The average molecular weight is 301 g/mol. The van der Waals surface area contributed by atoms with Gasteiger partial charge in [-0.3, -0.25) is 0 Å². The summed E-state index contributed by atoms with van der Waals surface area (Å²) >= 11 is 13.1. The molecule has 94 valence electrons. The van der Waals surface area contributed by atoms with Gasteiger partial charge in [0.15, 0.2) is 5.16 Å². The standard InChI is InChI=1S/C12H10Cl2N2OS/c1-18-12-15-10(14)6-11(16-12)17-7-8-2-4-9(13)5-3-8/h2-6H,7H2,1H3. The van der Waals surface area contributed by atoms with Crippen molar-refractivity contribution < 1.29 is 4.74 Å². The maximum absolute atomic E-state index is 5.87. The van der Waals surface area contributed by atoms with Crippen LogP contribution in [0.3, 0.4) is 0 Å². The molecule has 0 spiro atoms. The van der Waals surface area contributed by atoms with Crippen LogP contribution in [0.5, 0.6) is 5.88 Å². The van der Waals surface area contributed by atoms with Gasteiger partial charge in [0, 0.05) is 11.1 Å². The third kappa shape index (κ3) is 3.77. The second-order valence-corrected chi connectivity index (χ2v) is 5.03. The first kappa shape index (κ1) is 13.5. The van der Waals surface area contributed by atoms with Crippen LogP contribution in [0.2, 0.25) is 10.2 Å². The van der Waals surface area contributed by atoms with E-state index in [4.69, 9.17) is 27.9 Å². The van der Waals surface area contributed by atoms with E-state index in [1.54, 1.807) is 6.07 Å². The van der Waals surface area contributed by atoms with Gasteiger partial charge in [0.05, 0.1) is 0 Å². The van der Waals surface area contributed by atoms with Gasteiger partial charge < -0.3 is 4.74 Å². The van der Waals surface area contributed by atoms with Crippen LogP contribution in [0, 0.1) is 0 Å². The van der Waals surface area contributed by atoms with Crippen molar-refractivity contribution in [1.29, 1.82) is 0 Å². The maximum Gasteiger partial charge on any atom is 0.219 e. The first-order valence-electron chi connectivity index (χ1n) is 5.13. The third-order valence-electron chi connectivity index (χ3n) is 2.13. The summed E-state index contributed by atoms with van der Waals surface area (Å²) in [6.45, 7) is 0.415. The highest BCUT2D eigenvalue weighted by atomic mass is 35.5. The minimum absolute atomic E-state index is 0.375. The number of benzene rings is 1. The first-order valence-corrected chi connectivity index (χ1v) is 7.11. The quantitative estimate of drug-likeness (QED) is 0.484. The van der Waals surface area contributed by atoms with Crippen molar-refractivity contribution in [3.63, 3.8) is 0 Å². The summed E-state index contributed by atoms with van der Waals surface area (Å²) in [7, 11) is 0. The van der Waals surface area contributed by atoms with E-state index in [9.17, 15) is 0 Å². The lowest BCUT2D eigenvalue weighted by molar-refractivity contribution is 0.290. The van der Waals surface area contributed by atoms with Gasteiger partial charge in [0.1, 0.15) is 11.8 Å². The molecule has 6 heteroatoms. The highest BCUT2D eigenvalue weighted by Gasteiger charge is 2.03. The fourth-order valence-electron chi connectivity index (χ4n) is 1.28. The minimum atomic E-state index is 0.375. The second kappa shape index (κ2) is 6.27. The molecule has 0 unspecified atom stereocenters. The van der Waals surface area contributed by atoms with Crippen LogP contribution in [0.15, 0.2) is 35.5 Å². The predicted molar refractivity (Wildman–Crippen MR) is 74.6 cm³/mol. The van der Waals surface area contributed by atoms with Crippen molar-refractivity contribution in [2.75, 3.05) is 6.26 Å². The molecule has 0 saturated carbocycles. The maximum atomic E-state index is 5.87. The molecule has 3 nitrogen and oxygen atoms in total. The zero-order valence-electron chi connectivity index (χ0n) is 9.56. The molecule has 0 aliphatic rings. The van der Waals surface area contributed by atoms with Crippen LogP contribution in [-0.4, -0.2) is 16.2 Å². The van der Waals surface area contributed by atoms with Gasteiger partial charge in [-0.25, -0.2) is 4.98 Å². The fourth-order valence-corrected chi connectivity index (χ4v) is 2.00. The number of nitrogens with zero attached hydrogens (tertiary/aromatic N) is 2. The number of hydrogen-bond acceptors (Lipinski definition) is 4. The Kier molecular flexibility index (Phi) is 4.69. The summed E-state index contributed by atoms with van der Waals surface area (Å²) in [6, 6.07) is 9.04. The Morgan fingerprint density at radius 1 is 1.17 bits per heavy atom. The summed E-state index contributed by atoms with van der Waals surface area (Å²) in [5.74, 6) is 0.467. The highest BCUT2D eigenvalue weighted by molar-refractivity contribution is 7.98. The van der Waals surface area contributed by atoms with Gasteiger partial charge in [-0.2, -0.15) is 4.98 Å². The first-order chi connectivity index (χ1) is 8.67. The Labute approximate surface area is 120 Å². The third-order valence-corrected chi connectivity index (χ3v) is 3.13. The van der Waals surface area contributed by atoms with Gasteiger partial charge in [0.2, 0.25) is 5.88 Å². The van der Waals surface area contributed by atoms with Crippen molar-refractivity contribution >= 4 is 35.0 Å². The molecule has 0 aliphatic heterocycles. The highest BCUT2D eigenvalue weighted by Crippen LogP contribution is 2.20. The summed E-state index contributed by atoms with van der Waals surface area (Å²) in [4.78, 5) is 8.24. The number of ether oxygens (including phenoxy) is 1. The molecule has 0 atom stereocenters. The molecule has 1 aromatic carbocycles. The molecule has 0 bridgehead atoms. The van der Waals surface area contributed by atoms with Crippen LogP contribution in [0.4, 0.5) is 0 Å². The average Bonchev–Trinajstić information content (AvgIpc) is 2.37. The van der Waals surface area contributed by atoms with Crippen molar-refractivity contribution in [2.24, 2.45) is 0 Å². The Morgan fingerprint density at radius 2 is 1.89 bits per heavy atom. The smallest absolute Gasteiger partial charge is 0.219 e. The Bertz CT molecular complexity index is 534. The Morgan fingerprint density at radius 3 is 2.56 bits per heavy atom. The van der Waals surface area contributed by atoms with E-state index in [1.807, 2.05) is 30.5 Å². The van der Waals surface area contributed by atoms with Crippen LogP contribution in [-0.2, 0) is 6.61 Å². The van der Waals surface area contributed by atoms with Crippen molar-refractivity contribution in [3.8, 4) is 5.88 Å². The predicted octanol–water partition coefficient (Wildman–Crippen LogP) is 4.08. The lowest BCUT2D eigenvalue weighted by Crippen LogP contribution is -1.99. The molecular weight excluding hydrogens is 291 g/mol. The van der Waals surface area contributed by atoms with Crippen LogP contribution >= 0.6 is 35.0 Å². The molecule has 18 heavy (non-hydrogen) atoms. The SMILES string of the molecule is CSc1nc(Cl)cc(OCc2ccc(Cl)cc2)n1. The lowest BCUT2D eigenvalue weighted by Gasteiger charge is -2.06. The van der Waals surface area contributed by atoms with E-state index < -0.39 is 0 Å². The number of aromatic nitrogens is 2. The van der Waals surface area contributed by atoms with Gasteiger partial charge in [0.25, 0.3) is 0 Å². The molecule has 1 aromatic heterocycles. The summed E-state index contributed by atoms with van der Waals surface area (Å²) < 4.78 is 5.56. The summed E-state index contributed by atoms with van der Waals surface area (Å²) in [5.41, 5.74) is 1.01. The molecule has 0 aliphatic carbocycles. The zero-order chi connectivity index (χ0) is 13.0. The van der Waals surface area contributed by atoms with E-state index in [0.29, 0.717) is 27.8 Å². The molecule has 0 fully saturated rings. The zero-order valence-corrected chi connectivity index (χ0v) is 11.9. The summed E-state index contributed by atoms with van der Waals surface area (Å²) in [5, 5.41) is 1.67. The second-order valence-electron chi connectivity index (χ2n) is 3.43. The van der Waals surface area contributed by atoms with Gasteiger partial charge in [-0.1, -0.05) is 47.1 Å². The normalized spacial score (nSPS) is 10.4. The van der Waals surface area contributed by atoms with Gasteiger partial charge in [-0.05, 0) is 24.0 Å². The Hall–Kier alpha value is -0.970. The molecule has 0 radical (unpaired) electrons. The van der Waals surface area contributed by atoms with Crippen molar-refractivity contribution in [3.05, 3.63) is 46.1 Å². The minimum Gasteiger partial charge on any atom is -0.473 e. The van der Waals surface area contributed by atoms with Crippen molar-refractivity contribution in [2.45, 2.75) is 11.8 Å². The number of rotatable bonds is 4. The number of hydrogen-bond donors (Lipinski definition) is 0. The molecule has 0 N–H and O–H groups in total. The van der Waals surface area contributed by atoms with E-state index in [1.165, 1.54) is 11.8 Å². The summed E-state index contributed by atoms with van der Waals surface area (Å²) in [6.07, 6.45) is 1.88. The monoisotopic (exact) mass is 300 g/mol. The lowest BCUT2D eigenvalue weighted by atomic mass is 10.2. The number of halogens is 2. The molecule has 2 aromatic rings. The molecule has 0 amide bonds.